The minimum atomic E-state index is -0.843. The van der Waals surface area contributed by atoms with Gasteiger partial charge >= 0.3 is 0 Å². The van der Waals surface area contributed by atoms with Crippen LogP contribution >= 0.6 is 11.3 Å². The maximum atomic E-state index is 13.0. The first-order chi connectivity index (χ1) is 11.3. The second-order valence-electron chi connectivity index (χ2n) is 7.84. The number of hydrogen-bond acceptors (Lipinski definition) is 5. The highest BCUT2D eigenvalue weighted by atomic mass is 32.1. The van der Waals surface area contributed by atoms with Crippen LogP contribution in [0.3, 0.4) is 0 Å². The van der Waals surface area contributed by atoms with Crippen LogP contribution < -0.4 is 11.1 Å². The molecule has 1 aromatic heterocycles. The van der Waals surface area contributed by atoms with E-state index in [9.17, 15) is 4.79 Å². The number of hydrogen-bond donors (Lipinski definition) is 2. The molecule has 0 bridgehead atoms. The summed E-state index contributed by atoms with van der Waals surface area (Å²) >= 11 is 1.71. The number of ether oxygens (including phenoxy) is 1. The Bertz CT molecular complexity index is 587. The molecular weight excluding hydrogens is 322 g/mol. The van der Waals surface area contributed by atoms with Crippen LogP contribution in [-0.2, 0) is 9.53 Å². The Morgan fingerprint density at radius 1 is 1.54 bits per heavy atom. The number of thiophene rings is 1. The highest BCUT2D eigenvalue weighted by molar-refractivity contribution is 7.10. The first-order valence-corrected chi connectivity index (χ1v) is 9.56. The third-order valence-electron chi connectivity index (χ3n) is 6.01. The molecule has 134 valence electrons. The van der Waals surface area contributed by atoms with Crippen molar-refractivity contribution in [3.8, 4) is 0 Å². The standard InChI is InChI=1S/C18H29N3O2S/c1-17(2)15-12(7-5-9-23-15)18(17,19)16(22)20-11-13(21(3)4)14-8-6-10-24-14/h6,8,10,12-13,15H,5,7,9,11,19H2,1-4H3,(H,20,22). The van der Waals surface area contributed by atoms with Crippen LogP contribution in [0.5, 0.6) is 0 Å². The lowest BCUT2D eigenvalue weighted by Gasteiger charge is -2.65. The Balaban J connectivity index is 1.70. The average molecular weight is 352 g/mol. The van der Waals surface area contributed by atoms with Crippen molar-refractivity contribution >= 4 is 17.2 Å². The minimum absolute atomic E-state index is 0.0392. The molecule has 1 amide bonds. The van der Waals surface area contributed by atoms with E-state index in [1.54, 1.807) is 11.3 Å². The summed E-state index contributed by atoms with van der Waals surface area (Å²) in [5.74, 6) is 0.0865. The summed E-state index contributed by atoms with van der Waals surface area (Å²) in [6.45, 7) is 5.46. The van der Waals surface area contributed by atoms with E-state index in [1.165, 1.54) is 4.88 Å². The van der Waals surface area contributed by atoms with Gasteiger partial charge in [0, 0.05) is 29.4 Å². The number of nitrogens with two attached hydrogens (primary N) is 1. The molecule has 3 N–H and O–H groups in total. The average Bonchev–Trinajstić information content (AvgIpc) is 3.07. The van der Waals surface area contributed by atoms with Gasteiger partial charge in [0.25, 0.3) is 0 Å². The fourth-order valence-corrected chi connectivity index (χ4v) is 5.31. The van der Waals surface area contributed by atoms with E-state index < -0.39 is 5.54 Å². The van der Waals surface area contributed by atoms with Gasteiger partial charge in [0.15, 0.2) is 0 Å². The van der Waals surface area contributed by atoms with Crippen molar-refractivity contribution < 1.29 is 9.53 Å². The molecule has 3 rings (SSSR count). The zero-order valence-electron chi connectivity index (χ0n) is 15.0. The number of carbonyl (C=O) groups is 1. The quantitative estimate of drug-likeness (QED) is 0.851. The van der Waals surface area contributed by atoms with Gasteiger partial charge in [-0.25, -0.2) is 0 Å². The van der Waals surface area contributed by atoms with Gasteiger partial charge in [0.05, 0.1) is 12.1 Å². The van der Waals surface area contributed by atoms with Crippen LogP contribution in [0, 0.1) is 11.3 Å². The monoisotopic (exact) mass is 351 g/mol. The van der Waals surface area contributed by atoms with E-state index in [4.69, 9.17) is 10.5 Å². The van der Waals surface area contributed by atoms with Gasteiger partial charge in [-0.05, 0) is 38.4 Å². The molecule has 24 heavy (non-hydrogen) atoms. The smallest absolute Gasteiger partial charge is 0.241 e. The maximum absolute atomic E-state index is 13.0. The van der Waals surface area contributed by atoms with Crippen molar-refractivity contribution in [1.29, 1.82) is 0 Å². The predicted molar refractivity (Wildman–Crippen MR) is 96.9 cm³/mol. The van der Waals surface area contributed by atoms with Gasteiger partial charge in [0.1, 0.15) is 5.54 Å². The van der Waals surface area contributed by atoms with Crippen LogP contribution in [0.4, 0.5) is 0 Å². The van der Waals surface area contributed by atoms with Crippen molar-refractivity contribution in [2.24, 2.45) is 17.1 Å². The second kappa shape index (κ2) is 6.41. The molecule has 4 atom stereocenters. The first-order valence-electron chi connectivity index (χ1n) is 8.68. The molecule has 0 spiro atoms. The Labute approximate surface area is 148 Å². The lowest BCUT2D eigenvalue weighted by atomic mass is 9.46. The van der Waals surface area contributed by atoms with E-state index in [0.717, 1.165) is 19.4 Å². The molecule has 2 aliphatic rings. The molecule has 6 heteroatoms. The number of rotatable bonds is 5. The molecule has 0 radical (unpaired) electrons. The number of nitrogens with one attached hydrogen (secondary N) is 1. The van der Waals surface area contributed by atoms with E-state index in [0.29, 0.717) is 6.54 Å². The summed E-state index contributed by atoms with van der Waals surface area (Å²) < 4.78 is 5.89. The molecular formula is C18H29N3O2S. The summed E-state index contributed by atoms with van der Waals surface area (Å²) in [6, 6.07) is 4.32. The topological polar surface area (TPSA) is 67.6 Å². The van der Waals surface area contributed by atoms with Crippen molar-refractivity contribution in [3.05, 3.63) is 22.4 Å². The van der Waals surface area contributed by atoms with Crippen LogP contribution in [-0.4, -0.2) is 49.7 Å². The molecule has 1 aliphatic carbocycles. The minimum Gasteiger partial charge on any atom is -0.377 e. The molecule has 2 heterocycles. The predicted octanol–water partition coefficient (Wildman–Crippen LogP) is 2.00. The summed E-state index contributed by atoms with van der Waals surface area (Å²) in [6.07, 6.45) is 2.06. The third-order valence-corrected chi connectivity index (χ3v) is 6.98. The Morgan fingerprint density at radius 3 is 2.92 bits per heavy atom. The number of carbonyl (C=O) groups excluding carboxylic acids is 1. The van der Waals surface area contributed by atoms with Gasteiger partial charge in [0.2, 0.25) is 5.91 Å². The molecule has 1 aliphatic heterocycles. The Kier molecular flexibility index (Phi) is 4.77. The Morgan fingerprint density at radius 2 is 2.29 bits per heavy atom. The van der Waals surface area contributed by atoms with Crippen LogP contribution in [0.15, 0.2) is 17.5 Å². The largest absolute Gasteiger partial charge is 0.377 e. The van der Waals surface area contributed by atoms with Gasteiger partial charge in [-0.2, -0.15) is 0 Å². The normalized spacial score (nSPS) is 32.8. The van der Waals surface area contributed by atoms with E-state index in [1.807, 2.05) is 20.2 Å². The zero-order chi connectivity index (χ0) is 17.5. The van der Waals surface area contributed by atoms with Crippen LogP contribution in [0.1, 0.15) is 37.6 Å². The summed E-state index contributed by atoms with van der Waals surface area (Å²) in [5, 5.41) is 5.20. The zero-order valence-corrected chi connectivity index (χ0v) is 15.9. The SMILES string of the molecule is CN(C)C(CNC(=O)C1(N)C2CCCOC2C1(C)C)c1cccs1. The summed E-state index contributed by atoms with van der Waals surface area (Å²) in [7, 11) is 4.07. The van der Waals surface area contributed by atoms with Gasteiger partial charge in [-0.1, -0.05) is 19.9 Å². The number of nitrogens with zero attached hydrogens (tertiary/aromatic N) is 1. The van der Waals surface area contributed by atoms with Gasteiger partial charge in [-0.3, -0.25) is 4.79 Å². The fourth-order valence-electron chi connectivity index (χ4n) is 4.39. The van der Waals surface area contributed by atoms with Crippen molar-refractivity contribution in [1.82, 2.24) is 10.2 Å². The third kappa shape index (κ3) is 2.60. The maximum Gasteiger partial charge on any atom is 0.241 e. The molecule has 2 fully saturated rings. The van der Waals surface area contributed by atoms with E-state index >= 15 is 0 Å². The number of likely N-dealkylation sites (N-methyl/N-ethyl adjacent to an activating group) is 1. The lowest BCUT2D eigenvalue weighted by molar-refractivity contribution is -0.225. The fraction of sp³-hybridized carbons (Fsp3) is 0.722. The molecule has 1 saturated heterocycles. The van der Waals surface area contributed by atoms with Crippen molar-refractivity contribution in [2.45, 2.75) is 44.4 Å². The molecule has 5 nitrogen and oxygen atoms in total. The first kappa shape index (κ1) is 17.9. The van der Waals surface area contributed by atoms with Crippen LogP contribution in [0.25, 0.3) is 0 Å². The summed E-state index contributed by atoms with van der Waals surface area (Å²) in [4.78, 5) is 16.4. The van der Waals surface area contributed by atoms with Crippen molar-refractivity contribution in [3.63, 3.8) is 0 Å². The lowest BCUT2D eigenvalue weighted by Crippen LogP contribution is -2.82. The van der Waals surface area contributed by atoms with Gasteiger partial charge in [-0.15, -0.1) is 11.3 Å². The van der Waals surface area contributed by atoms with Crippen molar-refractivity contribution in [2.75, 3.05) is 27.2 Å². The summed E-state index contributed by atoms with van der Waals surface area (Å²) in [5.41, 5.74) is 5.48. The number of fused-ring (bicyclic) bond motifs is 1. The van der Waals surface area contributed by atoms with E-state index in [-0.39, 0.29) is 29.4 Å². The second-order valence-corrected chi connectivity index (χ2v) is 8.81. The molecule has 4 unspecified atom stereocenters. The highest BCUT2D eigenvalue weighted by Crippen LogP contribution is 2.57. The molecule has 0 aromatic carbocycles. The molecule has 1 saturated carbocycles. The van der Waals surface area contributed by atoms with Gasteiger partial charge < -0.3 is 20.7 Å². The van der Waals surface area contributed by atoms with E-state index in [2.05, 4.69) is 35.5 Å². The highest BCUT2D eigenvalue weighted by Gasteiger charge is 2.70. The number of amides is 1. The molecule has 1 aromatic rings. The van der Waals surface area contributed by atoms with Crippen LogP contribution in [0.2, 0.25) is 0 Å². The Hall–Kier alpha value is -0.950.